The van der Waals surface area contributed by atoms with Gasteiger partial charge in [0.05, 0.1) is 12.4 Å². The highest BCUT2D eigenvalue weighted by atomic mass is 16.5. The van der Waals surface area contributed by atoms with Crippen molar-refractivity contribution in [1.29, 1.82) is 0 Å². The van der Waals surface area contributed by atoms with Crippen LogP contribution in [0.1, 0.15) is 25.5 Å². The molecule has 1 atom stereocenters. The van der Waals surface area contributed by atoms with Gasteiger partial charge in [-0.15, -0.1) is 0 Å². The van der Waals surface area contributed by atoms with Gasteiger partial charge in [0, 0.05) is 31.0 Å². The van der Waals surface area contributed by atoms with Crippen LogP contribution in [0.2, 0.25) is 0 Å². The average Bonchev–Trinajstić information content (AvgIpc) is 2.96. The summed E-state index contributed by atoms with van der Waals surface area (Å²) in [5.41, 5.74) is 1.04. The number of hydrogen-bond acceptors (Lipinski definition) is 3. The Morgan fingerprint density at radius 3 is 3.00 bits per heavy atom. The Kier molecular flexibility index (Phi) is 3.03. The first-order chi connectivity index (χ1) is 9.17. The molecule has 1 aromatic heterocycles. The van der Waals surface area contributed by atoms with E-state index in [9.17, 15) is 0 Å². The second-order valence-electron chi connectivity index (χ2n) is 5.43. The molecule has 1 aromatic carbocycles. The number of imidazole rings is 1. The van der Waals surface area contributed by atoms with Crippen LogP contribution in [0.5, 0.6) is 5.75 Å². The van der Waals surface area contributed by atoms with Crippen molar-refractivity contribution in [1.82, 2.24) is 14.9 Å². The van der Waals surface area contributed by atoms with Crippen molar-refractivity contribution in [3.63, 3.8) is 0 Å². The summed E-state index contributed by atoms with van der Waals surface area (Å²) in [6.07, 6.45) is 5.62. The van der Waals surface area contributed by atoms with Gasteiger partial charge in [0.2, 0.25) is 0 Å². The lowest BCUT2D eigenvalue weighted by Crippen LogP contribution is -2.40. The van der Waals surface area contributed by atoms with Crippen LogP contribution in [0.25, 0.3) is 0 Å². The first kappa shape index (κ1) is 12.2. The van der Waals surface area contributed by atoms with Crippen molar-refractivity contribution in [2.75, 3.05) is 6.54 Å². The monoisotopic (exact) mass is 257 g/mol. The van der Waals surface area contributed by atoms with Crippen LogP contribution in [0, 0.1) is 0 Å². The predicted molar refractivity (Wildman–Crippen MR) is 74.1 cm³/mol. The molecule has 0 fully saturated rings. The van der Waals surface area contributed by atoms with Gasteiger partial charge >= 0.3 is 0 Å². The van der Waals surface area contributed by atoms with Crippen LogP contribution >= 0.6 is 0 Å². The number of rotatable bonds is 4. The number of nitrogens with one attached hydrogen (secondary N) is 1. The Labute approximate surface area is 113 Å². The van der Waals surface area contributed by atoms with Gasteiger partial charge in [-0.1, -0.05) is 18.2 Å². The molecule has 0 bridgehead atoms. The van der Waals surface area contributed by atoms with E-state index in [0.717, 1.165) is 18.8 Å². The normalized spacial score (nSPS) is 20.0. The van der Waals surface area contributed by atoms with E-state index in [4.69, 9.17) is 4.74 Å². The molecule has 3 rings (SSSR count). The lowest BCUT2D eigenvalue weighted by Gasteiger charge is -2.27. The minimum Gasteiger partial charge on any atom is -0.486 e. The summed E-state index contributed by atoms with van der Waals surface area (Å²) >= 11 is 0. The molecule has 0 aliphatic carbocycles. The molecule has 0 spiro atoms. The van der Waals surface area contributed by atoms with Gasteiger partial charge in [0.15, 0.2) is 0 Å². The van der Waals surface area contributed by atoms with Gasteiger partial charge in [-0.25, -0.2) is 4.98 Å². The molecule has 1 N–H and O–H groups in total. The van der Waals surface area contributed by atoms with Crippen LogP contribution < -0.4 is 10.1 Å². The fourth-order valence-electron chi connectivity index (χ4n) is 2.64. The molecule has 100 valence electrons. The Balaban J connectivity index is 1.69. The average molecular weight is 257 g/mol. The third kappa shape index (κ3) is 2.36. The van der Waals surface area contributed by atoms with Crippen molar-refractivity contribution in [3.8, 4) is 5.75 Å². The number of fused-ring (bicyclic) bond motifs is 1. The molecule has 0 saturated heterocycles. The molecular weight excluding hydrogens is 238 g/mol. The quantitative estimate of drug-likeness (QED) is 0.914. The van der Waals surface area contributed by atoms with Crippen molar-refractivity contribution < 1.29 is 4.74 Å². The highest BCUT2D eigenvalue weighted by Gasteiger charge is 2.40. The second kappa shape index (κ2) is 4.70. The summed E-state index contributed by atoms with van der Waals surface area (Å²) in [6.45, 7) is 6.06. The number of para-hydroxylation sites is 1. The Bertz CT molecular complexity index is 548. The van der Waals surface area contributed by atoms with Crippen LogP contribution in [-0.4, -0.2) is 21.7 Å². The zero-order valence-corrected chi connectivity index (χ0v) is 11.3. The van der Waals surface area contributed by atoms with E-state index in [1.807, 2.05) is 24.7 Å². The van der Waals surface area contributed by atoms with Gasteiger partial charge in [-0.2, -0.15) is 0 Å². The lowest BCUT2D eigenvalue weighted by molar-refractivity contribution is 0.0962. The zero-order chi connectivity index (χ0) is 13.3. The van der Waals surface area contributed by atoms with E-state index >= 15 is 0 Å². The van der Waals surface area contributed by atoms with E-state index in [-0.39, 0.29) is 11.6 Å². The third-order valence-corrected chi connectivity index (χ3v) is 3.58. The largest absolute Gasteiger partial charge is 0.486 e. The summed E-state index contributed by atoms with van der Waals surface area (Å²) in [5, 5.41) is 3.59. The summed E-state index contributed by atoms with van der Waals surface area (Å²) in [4.78, 5) is 4.05. The molecule has 4 nitrogen and oxygen atoms in total. The molecule has 2 heterocycles. The SMILES string of the molecule is CC1(C)Oc2ccccc2C1NCCn1ccnc1. The zero-order valence-electron chi connectivity index (χ0n) is 11.3. The Hall–Kier alpha value is -1.81. The second-order valence-corrected chi connectivity index (χ2v) is 5.43. The minimum absolute atomic E-state index is 0.210. The van der Waals surface area contributed by atoms with Crippen molar-refractivity contribution in [2.24, 2.45) is 0 Å². The Morgan fingerprint density at radius 2 is 2.21 bits per heavy atom. The molecule has 1 unspecified atom stereocenters. The van der Waals surface area contributed by atoms with Crippen LogP contribution in [0.4, 0.5) is 0 Å². The molecular formula is C15H19N3O. The topological polar surface area (TPSA) is 39.1 Å². The smallest absolute Gasteiger partial charge is 0.125 e. The highest BCUT2D eigenvalue weighted by Crippen LogP contribution is 2.42. The highest BCUT2D eigenvalue weighted by molar-refractivity contribution is 5.42. The van der Waals surface area contributed by atoms with Gasteiger partial charge in [-0.3, -0.25) is 0 Å². The molecule has 0 saturated carbocycles. The standard InChI is InChI=1S/C15H19N3O/c1-15(2)14(12-5-3-4-6-13(12)19-15)17-8-10-18-9-7-16-11-18/h3-7,9,11,14,17H,8,10H2,1-2H3. The van der Waals surface area contributed by atoms with Crippen LogP contribution in [0.3, 0.4) is 0 Å². The molecule has 4 heteroatoms. The number of hydrogen-bond donors (Lipinski definition) is 1. The minimum atomic E-state index is -0.210. The van der Waals surface area contributed by atoms with E-state index < -0.39 is 0 Å². The molecule has 0 radical (unpaired) electrons. The van der Waals surface area contributed by atoms with Gasteiger partial charge in [0.1, 0.15) is 11.4 Å². The van der Waals surface area contributed by atoms with E-state index in [1.54, 1.807) is 6.20 Å². The lowest BCUT2D eigenvalue weighted by atomic mass is 9.94. The maximum Gasteiger partial charge on any atom is 0.125 e. The first-order valence-electron chi connectivity index (χ1n) is 6.64. The predicted octanol–water partition coefficient (Wildman–Crippen LogP) is 2.39. The summed E-state index contributed by atoms with van der Waals surface area (Å²) in [6, 6.07) is 8.48. The van der Waals surface area contributed by atoms with E-state index in [2.05, 4.69) is 40.8 Å². The van der Waals surface area contributed by atoms with E-state index in [0.29, 0.717) is 0 Å². The van der Waals surface area contributed by atoms with E-state index in [1.165, 1.54) is 5.56 Å². The maximum atomic E-state index is 6.01. The maximum absolute atomic E-state index is 6.01. The molecule has 1 aliphatic heterocycles. The van der Waals surface area contributed by atoms with Gasteiger partial charge in [-0.05, 0) is 19.9 Å². The fraction of sp³-hybridized carbons (Fsp3) is 0.400. The number of nitrogens with zero attached hydrogens (tertiary/aromatic N) is 2. The van der Waals surface area contributed by atoms with Crippen LogP contribution in [-0.2, 0) is 6.54 Å². The third-order valence-electron chi connectivity index (χ3n) is 3.58. The molecule has 1 aliphatic rings. The van der Waals surface area contributed by atoms with Crippen LogP contribution in [0.15, 0.2) is 43.0 Å². The summed E-state index contributed by atoms with van der Waals surface area (Å²) in [7, 11) is 0. The summed E-state index contributed by atoms with van der Waals surface area (Å²) < 4.78 is 8.08. The van der Waals surface area contributed by atoms with Gasteiger partial charge < -0.3 is 14.6 Å². The molecule has 0 amide bonds. The van der Waals surface area contributed by atoms with Crippen molar-refractivity contribution in [2.45, 2.75) is 32.0 Å². The van der Waals surface area contributed by atoms with Crippen molar-refractivity contribution >= 4 is 0 Å². The van der Waals surface area contributed by atoms with Gasteiger partial charge in [0.25, 0.3) is 0 Å². The first-order valence-corrected chi connectivity index (χ1v) is 6.64. The van der Waals surface area contributed by atoms with Crippen molar-refractivity contribution in [3.05, 3.63) is 48.5 Å². The molecule has 19 heavy (non-hydrogen) atoms. The fourth-order valence-corrected chi connectivity index (χ4v) is 2.64. The summed E-state index contributed by atoms with van der Waals surface area (Å²) in [5.74, 6) is 0.993. The number of benzene rings is 1. The number of aromatic nitrogens is 2. The number of ether oxygens (including phenoxy) is 1. The Morgan fingerprint density at radius 1 is 1.37 bits per heavy atom. The molecule has 2 aromatic rings.